The van der Waals surface area contributed by atoms with Gasteiger partial charge in [0.1, 0.15) is 12.3 Å². The van der Waals surface area contributed by atoms with Gasteiger partial charge in [0.2, 0.25) is 0 Å². The third kappa shape index (κ3) is 5.31. The predicted octanol–water partition coefficient (Wildman–Crippen LogP) is 3.27. The number of rotatable bonds is 4. The summed E-state index contributed by atoms with van der Waals surface area (Å²) in [6.07, 6.45) is -3.66. The van der Waals surface area contributed by atoms with Crippen LogP contribution in [0.1, 0.15) is 12.8 Å². The Hall–Kier alpha value is -1.96. The fourth-order valence-electron chi connectivity index (χ4n) is 2.43. The van der Waals surface area contributed by atoms with Crippen molar-refractivity contribution >= 4 is 11.7 Å². The van der Waals surface area contributed by atoms with Crippen LogP contribution >= 0.6 is 0 Å². The van der Waals surface area contributed by atoms with Crippen LogP contribution in [-0.2, 0) is 4.74 Å². The molecule has 0 unspecified atom stereocenters. The predicted molar refractivity (Wildman–Crippen MR) is 78.6 cm³/mol. The molecule has 23 heavy (non-hydrogen) atoms. The maximum absolute atomic E-state index is 12.8. The number of urea groups is 1. The average molecular weight is 332 g/mol. The first kappa shape index (κ1) is 17.4. The number of alkyl halides is 3. The summed E-state index contributed by atoms with van der Waals surface area (Å²) in [6.45, 7) is -0.566. The molecule has 1 aromatic carbocycles. The molecule has 0 spiro atoms. The molecule has 2 rings (SSSR count). The molecule has 0 atom stereocenters. The van der Waals surface area contributed by atoms with Gasteiger partial charge in [-0.3, -0.25) is 0 Å². The number of ether oxygens (including phenoxy) is 2. The van der Waals surface area contributed by atoms with Crippen molar-refractivity contribution in [3.8, 4) is 5.75 Å². The van der Waals surface area contributed by atoms with Crippen LogP contribution in [0.3, 0.4) is 0 Å². The number of carbonyl (C=O) groups excluding carboxylic acids is 1. The normalized spacial score (nSPS) is 16.0. The van der Waals surface area contributed by atoms with Crippen LogP contribution in [-0.4, -0.2) is 50.0 Å². The number of benzene rings is 1. The first-order chi connectivity index (χ1) is 10.9. The van der Waals surface area contributed by atoms with E-state index in [9.17, 15) is 18.0 Å². The van der Waals surface area contributed by atoms with Crippen molar-refractivity contribution < 1.29 is 27.4 Å². The fraction of sp³-hybridized carbons (Fsp3) is 0.533. The molecular weight excluding hydrogens is 313 g/mol. The van der Waals surface area contributed by atoms with E-state index >= 15 is 0 Å². The maximum Gasteiger partial charge on any atom is 0.406 e. The van der Waals surface area contributed by atoms with E-state index in [1.54, 1.807) is 24.3 Å². The lowest BCUT2D eigenvalue weighted by atomic mass is 10.1. The summed E-state index contributed by atoms with van der Waals surface area (Å²) in [7, 11) is 1.50. The molecule has 0 radical (unpaired) electrons. The summed E-state index contributed by atoms with van der Waals surface area (Å²) in [4.78, 5) is 13.1. The molecule has 5 nitrogen and oxygen atoms in total. The number of methoxy groups -OCH3 is 1. The van der Waals surface area contributed by atoms with Crippen LogP contribution in [0.4, 0.5) is 23.7 Å². The van der Waals surface area contributed by atoms with E-state index in [0.29, 0.717) is 37.5 Å². The monoisotopic (exact) mass is 332 g/mol. The van der Waals surface area contributed by atoms with Gasteiger partial charge in [0.05, 0.1) is 7.11 Å². The summed E-state index contributed by atoms with van der Waals surface area (Å²) in [5.41, 5.74) is 0.412. The second-order valence-corrected chi connectivity index (χ2v) is 5.25. The van der Waals surface area contributed by atoms with Gasteiger partial charge in [-0.1, -0.05) is 0 Å². The Kier molecular flexibility index (Phi) is 5.70. The highest BCUT2D eigenvalue weighted by atomic mass is 19.4. The van der Waals surface area contributed by atoms with E-state index in [0.717, 1.165) is 4.90 Å². The zero-order valence-electron chi connectivity index (χ0n) is 12.7. The first-order valence-corrected chi connectivity index (χ1v) is 7.25. The SMILES string of the molecule is COc1ccc(NC(=O)N(CC(F)(F)F)C2CCOCC2)cc1. The number of anilines is 1. The molecule has 0 aliphatic carbocycles. The van der Waals surface area contributed by atoms with Crippen molar-refractivity contribution in [3.63, 3.8) is 0 Å². The number of amides is 2. The Bertz CT molecular complexity index is 514. The highest BCUT2D eigenvalue weighted by Crippen LogP contribution is 2.23. The Labute approximate surface area is 132 Å². The molecule has 1 aliphatic heterocycles. The minimum absolute atomic E-state index is 0.356. The van der Waals surface area contributed by atoms with Crippen molar-refractivity contribution in [2.24, 2.45) is 0 Å². The standard InChI is InChI=1S/C15H19F3N2O3/c1-22-13-4-2-11(3-5-13)19-14(21)20(10-15(16,17)18)12-6-8-23-9-7-12/h2-5,12H,6-10H2,1H3,(H,19,21). The second kappa shape index (κ2) is 7.54. The number of nitrogens with zero attached hydrogens (tertiary/aromatic N) is 1. The molecule has 0 bridgehead atoms. The summed E-state index contributed by atoms with van der Waals surface area (Å²) < 4.78 is 48.5. The second-order valence-electron chi connectivity index (χ2n) is 5.25. The van der Waals surface area contributed by atoms with E-state index in [2.05, 4.69) is 5.32 Å². The number of halogens is 3. The first-order valence-electron chi connectivity index (χ1n) is 7.25. The highest BCUT2D eigenvalue weighted by molar-refractivity contribution is 5.89. The third-order valence-electron chi connectivity index (χ3n) is 3.58. The van der Waals surface area contributed by atoms with Crippen molar-refractivity contribution in [3.05, 3.63) is 24.3 Å². The van der Waals surface area contributed by atoms with Crippen molar-refractivity contribution in [1.29, 1.82) is 0 Å². The van der Waals surface area contributed by atoms with Crippen molar-refractivity contribution in [2.45, 2.75) is 25.1 Å². The Morgan fingerprint density at radius 3 is 2.43 bits per heavy atom. The lowest BCUT2D eigenvalue weighted by Gasteiger charge is -2.34. The van der Waals surface area contributed by atoms with Gasteiger partial charge >= 0.3 is 12.2 Å². The van der Waals surface area contributed by atoms with Gasteiger partial charge in [-0.15, -0.1) is 0 Å². The zero-order valence-corrected chi connectivity index (χ0v) is 12.7. The summed E-state index contributed by atoms with van der Waals surface area (Å²) in [5, 5.41) is 2.50. The van der Waals surface area contributed by atoms with Gasteiger partial charge in [-0.2, -0.15) is 13.2 Å². The van der Waals surface area contributed by atoms with Crippen LogP contribution in [0, 0.1) is 0 Å². The van der Waals surface area contributed by atoms with Crippen LogP contribution in [0.15, 0.2) is 24.3 Å². The topological polar surface area (TPSA) is 50.8 Å². The number of hydrogen-bond donors (Lipinski definition) is 1. The van der Waals surface area contributed by atoms with E-state index in [4.69, 9.17) is 9.47 Å². The highest BCUT2D eigenvalue weighted by Gasteiger charge is 2.37. The quantitative estimate of drug-likeness (QED) is 0.921. The van der Waals surface area contributed by atoms with E-state index < -0.39 is 24.8 Å². The number of hydrogen-bond acceptors (Lipinski definition) is 3. The molecule has 2 amide bonds. The van der Waals surface area contributed by atoms with Crippen LogP contribution in [0.5, 0.6) is 5.75 Å². The van der Waals surface area contributed by atoms with E-state index in [1.165, 1.54) is 7.11 Å². The van der Waals surface area contributed by atoms with E-state index in [1.807, 2.05) is 0 Å². The van der Waals surface area contributed by atoms with Crippen LogP contribution in [0.25, 0.3) is 0 Å². The van der Waals surface area contributed by atoms with E-state index in [-0.39, 0.29) is 0 Å². The molecule has 1 N–H and O–H groups in total. The van der Waals surface area contributed by atoms with Gasteiger partial charge in [-0.25, -0.2) is 4.79 Å². The number of nitrogens with one attached hydrogen (secondary N) is 1. The molecule has 0 aromatic heterocycles. The molecule has 1 saturated heterocycles. The lowest BCUT2D eigenvalue weighted by Crippen LogP contribution is -2.49. The molecule has 1 heterocycles. The largest absolute Gasteiger partial charge is 0.497 e. The maximum atomic E-state index is 12.8. The molecule has 1 aliphatic rings. The van der Waals surface area contributed by atoms with Crippen molar-refractivity contribution in [2.75, 3.05) is 32.2 Å². The van der Waals surface area contributed by atoms with Crippen molar-refractivity contribution in [1.82, 2.24) is 4.90 Å². The van der Waals surface area contributed by atoms with Crippen LogP contribution in [0.2, 0.25) is 0 Å². The summed E-state index contributed by atoms with van der Waals surface area (Å²) in [5.74, 6) is 0.597. The molecule has 1 aromatic rings. The molecule has 128 valence electrons. The zero-order chi connectivity index (χ0) is 16.9. The minimum atomic E-state index is -4.45. The summed E-state index contributed by atoms with van der Waals surface area (Å²) >= 11 is 0. The summed E-state index contributed by atoms with van der Waals surface area (Å²) in [6, 6.07) is 5.15. The van der Waals surface area contributed by atoms with Gasteiger partial charge in [0, 0.05) is 24.9 Å². The molecular formula is C15H19F3N2O3. The Morgan fingerprint density at radius 1 is 1.30 bits per heavy atom. The van der Waals surface area contributed by atoms with Crippen LogP contribution < -0.4 is 10.1 Å². The van der Waals surface area contributed by atoms with Gasteiger partial charge in [-0.05, 0) is 37.1 Å². The number of carbonyl (C=O) groups is 1. The average Bonchev–Trinajstić information content (AvgIpc) is 2.53. The molecule has 0 saturated carbocycles. The molecule has 8 heteroatoms. The molecule has 1 fully saturated rings. The van der Waals surface area contributed by atoms with Gasteiger partial charge in [0.25, 0.3) is 0 Å². The lowest BCUT2D eigenvalue weighted by molar-refractivity contribution is -0.146. The Morgan fingerprint density at radius 2 is 1.91 bits per heavy atom. The fourth-order valence-corrected chi connectivity index (χ4v) is 2.43. The third-order valence-corrected chi connectivity index (χ3v) is 3.58. The Balaban J connectivity index is 2.07. The minimum Gasteiger partial charge on any atom is -0.497 e. The smallest absolute Gasteiger partial charge is 0.406 e. The van der Waals surface area contributed by atoms with Gasteiger partial charge in [0.15, 0.2) is 0 Å². The van der Waals surface area contributed by atoms with Gasteiger partial charge < -0.3 is 19.7 Å².